The smallest absolute Gasteiger partial charge is 0.351 e. The van der Waals surface area contributed by atoms with Crippen molar-refractivity contribution in [1.82, 2.24) is 29.7 Å². The van der Waals surface area contributed by atoms with Gasteiger partial charge in [0.25, 0.3) is 5.91 Å². The van der Waals surface area contributed by atoms with Crippen molar-refractivity contribution in [2.45, 2.75) is 26.1 Å². The minimum Gasteiger partial charge on any atom is -0.351 e. The van der Waals surface area contributed by atoms with E-state index in [0.29, 0.717) is 22.5 Å². The molecular weight excluding hydrogens is 453 g/mol. The predicted molar refractivity (Wildman–Crippen MR) is 94.6 cm³/mol. The van der Waals surface area contributed by atoms with E-state index in [-0.39, 0.29) is 28.1 Å². The molecule has 27 heavy (non-hydrogen) atoms. The summed E-state index contributed by atoms with van der Waals surface area (Å²) >= 11 is 8.89. The molecule has 0 aromatic carbocycles. The highest BCUT2D eigenvalue weighted by Crippen LogP contribution is 2.32. The van der Waals surface area contributed by atoms with Crippen molar-refractivity contribution < 1.29 is 18.0 Å². The molecule has 0 bridgehead atoms. The zero-order chi connectivity index (χ0) is 19.8. The van der Waals surface area contributed by atoms with Crippen LogP contribution in [0.4, 0.5) is 13.2 Å². The van der Waals surface area contributed by atoms with Gasteiger partial charge in [0.2, 0.25) is 0 Å². The Morgan fingerprint density at radius 3 is 2.78 bits per heavy atom. The lowest BCUT2D eigenvalue weighted by molar-refractivity contribution is -0.142. The number of carbonyl (C=O) groups is 1. The Labute approximate surface area is 164 Å². The molecular formula is C15H13BrClF3N6O. The van der Waals surface area contributed by atoms with Gasteiger partial charge in [-0.05, 0) is 35.3 Å². The van der Waals surface area contributed by atoms with Gasteiger partial charge in [-0.15, -0.1) is 0 Å². The molecule has 0 aliphatic heterocycles. The quantitative estimate of drug-likeness (QED) is 0.585. The van der Waals surface area contributed by atoms with Crippen molar-refractivity contribution in [2.75, 3.05) is 6.54 Å². The van der Waals surface area contributed by atoms with Crippen molar-refractivity contribution >= 4 is 39.1 Å². The van der Waals surface area contributed by atoms with Gasteiger partial charge < -0.3 is 5.32 Å². The topological polar surface area (TPSA) is 77.1 Å². The first kappa shape index (κ1) is 19.6. The number of nitrogens with zero attached hydrogens (tertiary/aromatic N) is 5. The standard InChI is InChI=1S/C15H13BrClF3N6O/c1-8-5-10(15(18,19)20)26-13(23-8)11(16)12(24-26)14(27)21-3-2-4-25-7-9(17)6-22-25/h5-7H,2-4H2,1H3,(H,21,27). The highest BCUT2D eigenvalue weighted by molar-refractivity contribution is 9.10. The van der Waals surface area contributed by atoms with Crippen LogP contribution in [0.2, 0.25) is 5.02 Å². The number of amides is 1. The second kappa shape index (κ2) is 7.47. The molecule has 1 N–H and O–H groups in total. The normalized spacial score (nSPS) is 11.9. The summed E-state index contributed by atoms with van der Waals surface area (Å²) in [6.45, 7) is 2.25. The van der Waals surface area contributed by atoms with Gasteiger partial charge in [-0.2, -0.15) is 23.4 Å². The number of hydrogen-bond acceptors (Lipinski definition) is 4. The Hall–Kier alpha value is -2.14. The van der Waals surface area contributed by atoms with Gasteiger partial charge in [0.1, 0.15) is 5.69 Å². The number of nitrogens with one attached hydrogen (secondary N) is 1. The van der Waals surface area contributed by atoms with Gasteiger partial charge in [0.05, 0.1) is 15.7 Å². The van der Waals surface area contributed by atoms with E-state index in [2.05, 4.69) is 36.4 Å². The molecule has 0 spiro atoms. The molecule has 0 fully saturated rings. The molecule has 1 amide bonds. The van der Waals surface area contributed by atoms with Gasteiger partial charge in [0.15, 0.2) is 11.3 Å². The fourth-order valence-corrected chi connectivity index (χ4v) is 3.12. The molecule has 0 radical (unpaired) electrons. The maximum atomic E-state index is 13.2. The molecule has 0 aliphatic carbocycles. The van der Waals surface area contributed by atoms with Gasteiger partial charge >= 0.3 is 6.18 Å². The first-order valence-corrected chi connectivity index (χ1v) is 8.93. The van der Waals surface area contributed by atoms with Crippen LogP contribution in [0.3, 0.4) is 0 Å². The van der Waals surface area contributed by atoms with Gasteiger partial charge in [-0.3, -0.25) is 9.48 Å². The summed E-state index contributed by atoms with van der Waals surface area (Å²) in [5, 5.41) is 10.9. The number of aromatic nitrogens is 5. The number of fused-ring (bicyclic) bond motifs is 1. The van der Waals surface area contributed by atoms with E-state index in [1.165, 1.54) is 13.1 Å². The first-order valence-electron chi connectivity index (χ1n) is 7.76. The van der Waals surface area contributed by atoms with Crippen LogP contribution in [0.25, 0.3) is 5.65 Å². The highest BCUT2D eigenvalue weighted by Gasteiger charge is 2.36. The molecule has 0 aliphatic rings. The fourth-order valence-electron chi connectivity index (χ4n) is 2.45. The minimum atomic E-state index is -4.63. The average molecular weight is 466 g/mol. The van der Waals surface area contributed by atoms with Gasteiger partial charge in [-0.1, -0.05) is 11.6 Å². The van der Waals surface area contributed by atoms with Crippen LogP contribution in [0.5, 0.6) is 0 Å². The summed E-state index contributed by atoms with van der Waals surface area (Å²) in [5.74, 6) is -0.600. The van der Waals surface area contributed by atoms with Gasteiger partial charge in [0, 0.05) is 25.0 Å². The van der Waals surface area contributed by atoms with Crippen LogP contribution in [0.15, 0.2) is 22.9 Å². The van der Waals surface area contributed by atoms with Crippen LogP contribution < -0.4 is 5.32 Å². The minimum absolute atomic E-state index is 0.0707. The molecule has 0 unspecified atom stereocenters. The molecule has 144 valence electrons. The Morgan fingerprint density at radius 1 is 1.41 bits per heavy atom. The Balaban J connectivity index is 1.75. The highest BCUT2D eigenvalue weighted by atomic mass is 79.9. The lowest BCUT2D eigenvalue weighted by Gasteiger charge is -2.09. The average Bonchev–Trinajstić information content (AvgIpc) is 3.14. The molecule has 3 heterocycles. The van der Waals surface area contributed by atoms with E-state index in [1.54, 1.807) is 10.9 Å². The molecule has 12 heteroatoms. The molecule has 7 nitrogen and oxygen atoms in total. The van der Waals surface area contributed by atoms with Crippen LogP contribution in [-0.2, 0) is 12.7 Å². The Kier molecular flexibility index (Phi) is 5.43. The summed E-state index contributed by atoms with van der Waals surface area (Å²) in [6, 6.07) is 0.878. The van der Waals surface area contributed by atoms with Crippen LogP contribution in [0.1, 0.15) is 28.3 Å². The number of carbonyl (C=O) groups excluding carboxylic acids is 1. The summed E-state index contributed by atoms with van der Waals surface area (Å²) in [6.07, 6.45) is -0.925. The number of rotatable bonds is 5. The van der Waals surface area contributed by atoms with Crippen molar-refractivity contribution in [1.29, 1.82) is 0 Å². The summed E-state index contributed by atoms with van der Waals surface area (Å²) in [5.41, 5.74) is -1.07. The lowest BCUT2D eigenvalue weighted by atomic mass is 10.3. The molecule has 3 rings (SSSR count). The van der Waals surface area contributed by atoms with E-state index in [0.717, 1.165) is 6.07 Å². The zero-order valence-corrected chi connectivity index (χ0v) is 16.2. The number of hydrogen-bond donors (Lipinski definition) is 1. The number of aryl methyl sites for hydroxylation is 2. The van der Waals surface area contributed by atoms with E-state index in [1.807, 2.05) is 0 Å². The fraction of sp³-hybridized carbons (Fsp3) is 0.333. The SMILES string of the molecule is Cc1cc(C(F)(F)F)n2nc(C(=O)NCCCn3cc(Cl)cn3)c(Br)c2n1. The monoisotopic (exact) mass is 464 g/mol. The molecule has 3 aromatic heterocycles. The lowest BCUT2D eigenvalue weighted by Crippen LogP contribution is -2.26. The second-order valence-corrected chi connectivity index (χ2v) is 6.94. The largest absolute Gasteiger partial charge is 0.433 e. The van der Waals surface area contributed by atoms with Crippen molar-refractivity contribution in [3.8, 4) is 0 Å². The Bertz CT molecular complexity index is 1000. The molecule has 3 aromatic rings. The van der Waals surface area contributed by atoms with E-state index in [4.69, 9.17) is 11.6 Å². The summed E-state index contributed by atoms with van der Waals surface area (Å²) in [4.78, 5) is 16.4. The third-order valence-electron chi connectivity index (χ3n) is 3.62. The predicted octanol–water partition coefficient (Wildman–Crippen LogP) is 3.49. The summed E-state index contributed by atoms with van der Waals surface area (Å²) < 4.78 is 42.0. The second-order valence-electron chi connectivity index (χ2n) is 5.71. The van der Waals surface area contributed by atoms with Gasteiger partial charge in [-0.25, -0.2) is 9.50 Å². The zero-order valence-electron chi connectivity index (χ0n) is 13.9. The summed E-state index contributed by atoms with van der Waals surface area (Å²) in [7, 11) is 0. The van der Waals surface area contributed by atoms with Crippen molar-refractivity contribution in [3.05, 3.63) is 45.0 Å². The van der Waals surface area contributed by atoms with Crippen LogP contribution in [-0.4, -0.2) is 36.8 Å². The molecule has 0 atom stereocenters. The molecule has 0 saturated heterocycles. The third-order valence-corrected chi connectivity index (χ3v) is 4.54. The first-order chi connectivity index (χ1) is 12.7. The van der Waals surface area contributed by atoms with Crippen LogP contribution in [0, 0.1) is 6.92 Å². The maximum absolute atomic E-state index is 13.2. The number of halogens is 5. The van der Waals surface area contributed by atoms with E-state index in [9.17, 15) is 18.0 Å². The maximum Gasteiger partial charge on any atom is 0.433 e. The van der Waals surface area contributed by atoms with Crippen LogP contribution >= 0.6 is 27.5 Å². The Morgan fingerprint density at radius 2 is 2.15 bits per heavy atom. The number of alkyl halides is 3. The van der Waals surface area contributed by atoms with Crippen molar-refractivity contribution in [3.63, 3.8) is 0 Å². The van der Waals surface area contributed by atoms with Crippen molar-refractivity contribution in [2.24, 2.45) is 0 Å². The third kappa shape index (κ3) is 4.24. The molecule has 0 saturated carbocycles. The van der Waals surface area contributed by atoms with E-state index >= 15 is 0 Å². The van der Waals surface area contributed by atoms with E-state index < -0.39 is 17.8 Å².